The van der Waals surface area contributed by atoms with Crippen molar-refractivity contribution in [3.05, 3.63) is 88.7 Å². The Morgan fingerprint density at radius 3 is 2.73 bits per heavy atom. The molecule has 154 valence electrons. The van der Waals surface area contributed by atoms with Gasteiger partial charge in [0.05, 0.1) is 5.52 Å². The van der Waals surface area contributed by atoms with Gasteiger partial charge in [-0.1, -0.05) is 30.3 Å². The summed E-state index contributed by atoms with van der Waals surface area (Å²) in [5.41, 5.74) is 1.55. The van der Waals surface area contributed by atoms with Crippen LogP contribution in [0.5, 0.6) is 0 Å². The summed E-state index contributed by atoms with van der Waals surface area (Å²) in [7, 11) is 1.79. The molecular formula is C22H21FN4O3. The molecule has 1 amide bonds. The lowest BCUT2D eigenvalue weighted by Crippen LogP contribution is -2.31. The van der Waals surface area contributed by atoms with Crippen LogP contribution in [0.25, 0.3) is 11.1 Å². The molecule has 0 aliphatic rings. The van der Waals surface area contributed by atoms with Crippen LogP contribution < -0.4 is 11.1 Å². The number of hydrogen-bond acceptors (Lipinski definition) is 4. The molecule has 4 aromatic rings. The number of nitrogens with one attached hydrogen (secondary N) is 1. The number of oxazole rings is 1. The van der Waals surface area contributed by atoms with Gasteiger partial charge in [0, 0.05) is 38.0 Å². The third kappa shape index (κ3) is 3.89. The number of aromatic nitrogens is 3. The predicted molar refractivity (Wildman–Crippen MR) is 109 cm³/mol. The van der Waals surface area contributed by atoms with Crippen molar-refractivity contribution in [2.24, 2.45) is 7.05 Å². The maximum absolute atomic E-state index is 14.4. The highest BCUT2D eigenvalue weighted by Gasteiger charge is 2.23. The molecule has 1 N–H and O–H groups in total. The van der Waals surface area contributed by atoms with Crippen molar-refractivity contribution in [1.82, 2.24) is 19.4 Å². The van der Waals surface area contributed by atoms with Gasteiger partial charge in [-0.2, -0.15) is 0 Å². The molecule has 30 heavy (non-hydrogen) atoms. The normalized spacial score (nSPS) is 12.2. The van der Waals surface area contributed by atoms with E-state index < -0.39 is 17.6 Å². The van der Waals surface area contributed by atoms with Gasteiger partial charge in [-0.05, 0) is 24.6 Å². The van der Waals surface area contributed by atoms with Crippen molar-refractivity contribution in [3.8, 4) is 0 Å². The Morgan fingerprint density at radius 1 is 1.20 bits per heavy atom. The van der Waals surface area contributed by atoms with Crippen LogP contribution in [0.4, 0.5) is 4.39 Å². The summed E-state index contributed by atoms with van der Waals surface area (Å²) in [6.45, 7) is 0.343. The average molecular weight is 408 g/mol. The molecule has 1 atom stereocenters. The first-order valence-corrected chi connectivity index (χ1v) is 9.64. The fraction of sp³-hybridized carbons (Fsp3) is 0.227. The molecule has 0 aliphatic carbocycles. The fourth-order valence-electron chi connectivity index (χ4n) is 3.50. The van der Waals surface area contributed by atoms with E-state index in [1.165, 1.54) is 10.6 Å². The van der Waals surface area contributed by atoms with Gasteiger partial charge in [0.15, 0.2) is 5.58 Å². The van der Waals surface area contributed by atoms with E-state index in [0.29, 0.717) is 35.5 Å². The third-order valence-corrected chi connectivity index (χ3v) is 5.00. The maximum atomic E-state index is 14.4. The molecule has 2 aromatic carbocycles. The number of fused-ring (bicyclic) bond motifs is 1. The zero-order chi connectivity index (χ0) is 21.1. The highest BCUT2D eigenvalue weighted by molar-refractivity contribution is 5.77. The van der Waals surface area contributed by atoms with E-state index in [1.807, 2.05) is 6.07 Å². The van der Waals surface area contributed by atoms with Crippen LogP contribution in [0, 0.1) is 5.82 Å². The lowest BCUT2D eigenvalue weighted by Gasteiger charge is -2.19. The zero-order valence-corrected chi connectivity index (χ0v) is 16.4. The summed E-state index contributed by atoms with van der Waals surface area (Å²) in [6, 6.07) is 12.7. The van der Waals surface area contributed by atoms with E-state index in [9.17, 15) is 14.0 Å². The number of imidazole rings is 1. The van der Waals surface area contributed by atoms with Gasteiger partial charge < -0.3 is 14.3 Å². The molecule has 0 radical (unpaired) electrons. The second kappa shape index (κ2) is 8.36. The Kier molecular flexibility index (Phi) is 5.47. The molecular weight excluding hydrogens is 387 g/mol. The number of para-hydroxylation sites is 2. The molecule has 4 rings (SSSR count). The molecule has 7 nitrogen and oxygen atoms in total. The molecule has 1 unspecified atom stereocenters. The number of aryl methyl sites for hydroxylation is 2. The van der Waals surface area contributed by atoms with Crippen molar-refractivity contribution in [1.29, 1.82) is 0 Å². The van der Waals surface area contributed by atoms with E-state index in [2.05, 4.69) is 10.3 Å². The van der Waals surface area contributed by atoms with Crippen LogP contribution in [0.3, 0.4) is 0 Å². The van der Waals surface area contributed by atoms with Crippen LogP contribution in [0.15, 0.2) is 70.1 Å². The second-order valence-corrected chi connectivity index (χ2v) is 7.01. The van der Waals surface area contributed by atoms with Crippen molar-refractivity contribution in [3.63, 3.8) is 0 Å². The first-order chi connectivity index (χ1) is 14.5. The van der Waals surface area contributed by atoms with Crippen molar-refractivity contribution in [2.75, 3.05) is 0 Å². The average Bonchev–Trinajstić information content (AvgIpc) is 3.29. The van der Waals surface area contributed by atoms with Crippen LogP contribution in [-0.4, -0.2) is 20.0 Å². The van der Waals surface area contributed by atoms with Crippen LogP contribution >= 0.6 is 0 Å². The molecule has 2 aromatic heterocycles. The Hall–Kier alpha value is -3.68. The number of nitrogens with zero attached hydrogens (tertiary/aromatic N) is 3. The van der Waals surface area contributed by atoms with E-state index in [1.54, 1.807) is 60.4 Å². The molecule has 8 heteroatoms. The Labute approximate surface area is 171 Å². The summed E-state index contributed by atoms with van der Waals surface area (Å²) in [6.07, 6.45) is 3.94. The number of halogens is 1. The van der Waals surface area contributed by atoms with Crippen LogP contribution in [0.1, 0.15) is 30.3 Å². The van der Waals surface area contributed by atoms with Gasteiger partial charge in [0.2, 0.25) is 5.91 Å². The van der Waals surface area contributed by atoms with E-state index in [-0.39, 0.29) is 12.3 Å². The zero-order valence-electron chi connectivity index (χ0n) is 16.4. The smallest absolute Gasteiger partial charge is 0.408 e. The van der Waals surface area contributed by atoms with E-state index in [0.717, 1.165) is 0 Å². The minimum atomic E-state index is -0.712. The minimum absolute atomic E-state index is 0.168. The lowest BCUT2D eigenvalue weighted by atomic mass is 10.0. The van der Waals surface area contributed by atoms with Crippen LogP contribution in [-0.2, 0) is 18.4 Å². The standard InChI is InChI=1S/C22H21FN4O3/c1-26-14-12-24-21(26)20(15-7-2-3-8-16(15)23)25-19(28)11-6-13-27-17-9-4-5-10-18(17)30-22(27)29/h2-5,7-10,12,14,20H,6,11,13H2,1H3,(H,25,28). The Bertz CT molecular complexity index is 1240. The number of rotatable bonds is 7. The van der Waals surface area contributed by atoms with Crippen molar-refractivity contribution in [2.45, 2.75) is 25.4 Å². The SMILES string of the molecule is Cn1ccnc1C(NC(=O)CCCn1c(=O)oc2ccccc21)c1ccccc1F. The van der Waals surface area contributed by atoms with Crippen LogP contribution in [0.2, 0.25) is 0 Å². The number of hydrogen-bond donors (Lipinski definition) is 1. The first kappa shape index (κ1) is 19.6. The molecule has 2 heterocycles. The number of carbonyl (C=O) groups excluding carboxylic acids is 1. The maximum Gasteiger partial charge on any atom is 0.419 e. The Balaban J connectivity index is 1.47. The minimum Gasteiger partial charge on any atom is -0.408 e. The molecule has 0 bridgehead atoms. The largest absolute Gasteiger partial charge is 0.419 e. The quantitative estimate of drug-likeness (QED) is 0.509. The lowest BCUT2D eigenvalue weighted by molar-refractivity contribution is -0.121. The summed E-state index contributed by atoms with van der Waals surface area (Å²) < 4.78 is 22.9. The summed E-state index contributed by atoms with van der Waals surface area (Å²) in [5.74, 6) is -0.589. The summed E-state index contributed by atoms with van der Waals surface area (Å²) in [5, 5.41) is 2.88. The number of benzene rings is 2. The number of amides is 1. The molecule has 0 fully saturated rings. The summed E-state index contributed by atoms with van der Waals surface area (Å²) in [4.78, 5) is 29.0. The highest BCUT2D eigenvalue weighted by Crippen LogP contribution is 2.23. The van der Waals surface area contributed by atoms with Gasteiger partial charge >= 0.3 is 5.76 Å². The van der Waals surface area contributed by atoms with Gasteiger partial charge in [-0.3, -0.25) is 9.36 Å². The predicted octanol–water partition coefficient (Wildman–Crippen LogP) is 3.15. The van der Waals surface area contributed by atoms with Gasteiger partial charge in [0.25, 0.3) is 0 Å². The van der Waals surface area contributed by atoms with E-state index >= 15 is 0 Å². The monoisotopic (exact) mass is 408 g/mol. The number of carbonyl (C=O) groups is 1. The van der Waals surface area contributed by atoms with Gasteiger partial charge in [-0.15, -0.1) is 0 Å². The van der Waals surface area contributed by atoms with Gasteiger partial charge in [-0.25, -0.2) is 14.2 Å². The topological polar surface area (TPSA) is 82.1 Å². The third-order valence-electron chi connectivity index (χ3n) is 5.00. The molecule has 0 aliphatic heterocycles. The fourth-order valence-corrected chi connectivity index (χ4v) is 3.50. The molecule has 0 saturated carbocycles. The highest BCUT2D eigenvalue weighted by atomic mass is 19.1. The summed E-state index contributed by atoms with van der Waals surface area (Å²) >= 11 is 0. The molecule has 0 spiro atoms. The van der Waals surface area contributed by atoms with Gasteiger partial charge in [0.1, 0.15) is 17.7 Å². The first-order valence-electron chi connectivity index (χ1n) is 9.64. The van der Waals surface area contributed by atoms with Crippen molar-refractivity contribution < 1.29 is 13.6 Å². The molecule has 0 saturated heterocycles. The van der Waals surface area contributed by atoms with E-state index in [4.69, 9.17) is 4.42 Å². The second-order valence-electron chi connectivity index (χ2n) is 7.01. The Morgan fingerprint density at radius 2 is 1.97 bits per heavy atom. The van der Waals surface area contributed by atoms with Crippen molar-refractivity contribution >= 4 is 17.0 Å².